The number of nitrogens with one attached hydrogen (secondary N) is 1. The van der Waals surface area contributed by atoms with Crippen molar-refractivity contribution in [1.29, 1.82) is 0 Å². The molecule has 212 valence electrons. The highest BCUT2D eigenvalue weighted by atomic mass is 19.4. The zero-order valence-corrected chi connectivity index (χ0v) is 21.6. The Morgan fingerprint density at radius 1 is 0.929 bits per heavy atom. The number of hydrogen-bond donors (Lipinski definition) is 2. The van der Waals surface area contributed by atoms with Crippen LogP contribution in [0.15, 0.2) is 83.5 Å². The number of amides is 1. The van der Waals surface area contributed by atoms with Gasteiger partial charge in [0.1, 0.15) is 6.04 Å². The Hall–Kier alpha value is -5.19. The summed E-state index contributed by atoms with van der Waals surface area (Å²) in [6.07, 6.45) is -3.33. The summed E-state index contributed by atoms with van der Waals surface area (Å²) in [5.74, 6) is -1.17. The summed E-state index contributed by atoms with van der Waals surface area (Å²) in [5, 5.41) is 11.2. The number of benzene rings is 3. The van der Waals surface area contributed by atoms with E-state index in [1.807, 2.05) is 24.3 Å². The van der Waals surface area contributed by atoms with E-state index in [9.17, 15) is 27.9 Å². The van der Waals surface area contributed by atoms with Gasteiger partial charge in [-0.1, -0.05) is 36.4 Å². The topological polar surface area (TPSA) is 105 Å². The van der Waals surface area contributed by atoms with Gasteiger partial charge < -0.3 is 28.9 Å². The van der Waals surface area contributed by atoms with E-state index < -0.39 is 35.7 Å². The summed E-state index contributed by atoms with van der Waals surface area (Å²) < 4.78 is 56.5. The molecule has 0 saturated carbocycles. The average Bonchev–Trinajstić information content (AvgIpc) is 3.73. The van der Waals surface area contributed by atoms with Crippen molar-refractivity contribution in [1.82, 2.24) is 9.88 Å². The Morgan fingerprint density at radius 2 is 1.74 bits per heavy atom. The lowest BCUT2D eigenvalue weighted by Crippen LogP contribution is -2.51. The van der Waals surface area contributed by atoms with Crippen molar-refractivity contribution in [2.45, 2.75) is 24.7 Å². The Kier molecular flexibility index (Phi) is 5.79. The highest BCUT2D eigenvalue weighted by Crippen LogP contribution is 2.44. The Bertz CT molecular complexity index is 1870. The van der Waals surface area contributed by atoms with Gasteiger partial charge in [0.15, 0.2) is 17.3 Å². The number of carboxylic acids is 1. The van der Waals surface area contributed by atoms with Crippen LogP contribution in [-0.2, 0) is 17.4 Å². The average molecular weight is 575 g/mol. The molecule has 0 spiro atoms. The Balaban J connectivity index is 1.35. The number of carboxylic acid groups (broad SMARTS) is 1. The maximum absolute atomic E-state index is 14.1. The molecule has 0 bridgehead atoms. The van der Waals surface area contributed by atoms with E-state index in [1.165, 1.54) is 29.4 Å². The molecule has 42 heavy (non-hydrogen) atoms. The summed E-state index contributed by atoms with van der Waals surface area (Å²) in [5.41, 5.74) is 2.39. The standard InChI is InChI=1S/C31H21F3N2O6/c32-31(33,34)19-5-3-4-16(10-19)18-12-26(40-14-18)29(37)36-23(30(38)39)13-21-20-6-1-2-7-22(20)35-27(21)28(36)17-8-9-24-25(11-17)42-15-41-24/h1-12,14,23,28,35H,13,15H2,(H,38,39). The van der Waals surface area contributed by atoms with Crippen molar-refractivity contribution in [2.24, 2.45) is 0 Å². The van der Waals surface area contributed by atoms with Gasteiger partial charge in [-0.2, -0.15) is 13.2 Å². The highest BCUT2D eigenvalue weighted by molar-refractivity contribution is 5.97. The molecule has 2 unspecified atom stereocenters. The van der Waals surface area contributed by atoms with Gasteiger partial charge in [0.2, 0.25) is 6.79 Å². The van der Waals surface area contributed by atoms with Crippen LogP contribution in [0.1, 0.15) is 39.0 Å². The number of alkyl halides is 3. The van der Waals surface area contributed by atoms with Crippen LogP contribution in [0.3, 0.4) is 0 Å². The number of hydrogen-bond acceptors (Lipinski definition) is 5. The number of nitrogens with zero attached hydrogens (tertiary/aromatic N) is 1. The predicted octanol–water partition coefficient (Wildman–Crippen LogP) is 6.42. The first-order chi connectivity index (χ1) is 20.2. The number of aliphatic carboxylic acids is 1. The first kappa shape index (κ1) is 25.8. The molecule has 3 aromatic carbocycles. The second kappa shape index (κ2) is 9.44. The molecule has 1 amide bonds. The van der Waals surface area contributed by atoms with Crippen molar-refractivity contribution in [3.63, 3.8) is 0 Å². The molecule has 4 heterocycles. The molecule has 0 radical (unpaired) electrons. The fourth-order valence-electron chi connectivity index (χ4n) is 5.76. The first-order valence-electron chi connectivity index (χ1n) is 13.0. The third-order valence-electron chi connectivity index (χ3n) is 7.70. The van der Waals surface area contributed by atoms with Crippen LogP contribution >= 0.6 is 0 Å². The van der Waals surface area contributed by atoms with Gasteiger partial charge in [-0.3, -0.25) is 4.79 Å². The number of para-hydroxylation sites is 1. The monoisotopic (exact) mass is 574 g/mol. The van der Waals surface area contributed by atoms with E-state index in [-0.39, 0.29) is 30.1 Å². The summed E-state index contributed by atoms with van der Waals surface area (Å²) in [6.45, 7) is 0.0339. The van der Waals surface area contributed by atoms with Crippen molar-refractivity contribution in [3.8, 4) is 22.6 Å². The molecular weight excluding hydrogens is 553 g/mol. The molecular formula is C31H21F3N2O6. The lowest BCUT2D eigenvalue weighted by atomic mass is 9.87. The predicted molar refractivity (Wildman–Crippen MR) is 143 cm³/mol. The van der Waals surface area contributed by atoms with Crippen molar-refractivity contribution in [3.05, 3.63) is 107 Å². The quantitative estimate of drug-likeness (QED) is 0.257. The van der Waals surface area contributed by atoms with Gasteiger partial charge >= 0.3 is 12.1 Å². The molecule has 7 rings (SSSR count). The maximum Gasteiger partial charge on any atom is 0.416 e. The van der Waals surface area contributed by atoms with E-state index in [1.54, 1.807) is 18.2 Å². The van der Waals surface area contributed by atoms with Crippen molar-refractivity contribution < 1.29 is 41.8 Å². The number of furan rings is 1. The Labute approximate surface area is 235 Å². The summed E-state index contributed by atoms with van der Waals surface area (Å²) in [7, 11) is 0. The second-order valence-corrected chi connectivity index (χ2v) is 10.1. The third kappa shape index (κ3) is 4.16. The fraction of sp³-hybridized carbons (Fsp3) is 0.161. The molecule has 2 atom stereocenters. The molecule has 2 aromatic heterocycles. The van der Waals surface area contributed by atoms with Crippen LogP contribution in [0.25, 0.3) is 22.0 Å². The van der Waals surface area contributed by atoms with Gasteiger partial charge in [0.25, 0.3) is 5.91 Å². The van der Waals surface area contributed by atoms with Gasteiger partial charge in [0, 0.05) is 28.6 Å². The lowest BCUT2D eigenvalue weighted by Gasteiger charge is -2.40. The van der Waals surface area contributed by atoms with Crippen LogP contribution in [0, 0.1) is 0 Å². The number of carbonyl (C=O) groups excluding carboxylic acids is 1. The minimum absolute atomic E-state index is 0.0304. The van der Waals surface area contributed by atoms with Crippen LogP contribution < -0.4 is 9.47 Å². The number of halogens is 3. The summed E-state index contributed by atoms with van der Waals surface area (Å²) >= 11 is 0. The largest absolute Gasteiger partial charge is 0.480 e. The first-order valence-corrected chi connectivity index (χ1v) is 13.0. The van der Waals surface area contributed by atoms with Crippen molar-refractivity contribution in [2.75, 3.05) is 6.79 Å². The molecule has 2 aliphatic heterocycles. The van der Waals surface area contributed by atoms with E-state index in [0.717, 1.165) is 28.6 Å². The van der Waals surface area contributed by atoms with Crippen LogP contribution in [0.4, 0.5) is 13.2 Å². The van der Waals surface area contributed by atoms with Crippen LogP contribution in [-0.4, -0.2) is 39.7 Å². The van der Waals surface area contributed by atoms with Gasteiger partial charge in [-0.05, 0) is 53.1 Å². The maximum atomic E-state index is 14.1. The van der Waals surface area contributed by atoms with E-state index >= 15 is 0 Å². The number of ether oxygens (including phenoxy) is 2. The smallest absolute Gasteiger partial charge is 0.416 e. The number of fused-ring (bicyclic) bond motifs is 4. The summed E-state index contributed by atoms with van der Waals surface area (Å²) in [4.78, 5) is 31.5. The van der Waals surface area contributed by atoms with Gasteiger partial charge in [-0.15, -0.1) is 0 Å². The van der Waals surface area contributed by atoms with E-state index in [4.69, 9.17) is 13.9 Å². The number of aromatic nitrogens is 1. The zero-order valence-electron chi connectivity index (χ0n) is 21.6. The summed E-state index contributed by atoms with van der Waals surface area (Å²) in [6, 6.07) is 16.5. The molecule has 2 N–H and O–H groups in total. The second-order valence-electron chi connectivity index (χ2n) is 10.1. The van der Waals surface area contributed by atoms with Gasteiger partial charge in [0.05, 0.1) is 17.9 Å². The minimum Gasteiger partial charge on any atom is -0.480 e. The van der Waals surface area contributed by atoms with Crippen molar-refractivity contribution >= 4 is 22.8 Å². The van der Waals surface area contributed by atoms with E-state index in [0.29, 0.717) is 22.8 Å². The number of H-pyrrole nitrogens is 1. The number of rotatable bonds is 4. The van der Waals surface area contributed by atoms with Crippen LogP contribution in [0.5, 0.6) is 11.5 Å². The zero-order chi connectivity index (χ0) is 29.2. The highest BCUT2D eigenvalue weighted by Gasteiger charge is 2.45. The molecule has 0 fully saturated rings. The normalized spacial score (nSPS) is 17.8. The molecule has 2 aliphatic rings. The molecule has 8 nitrogen and oxygen atoms in total. The number of carbonyl (C=O) groups is 2. The van der Waals surface area contributed by atoms with E-state index in [2.05, 4.69) is 4.98 Å². The lowest BCUT2D eigenvalue weighted by molar-refractivity contribution is -0.143. The third-order valence-corrected chi connectivity index (χ3v) is 7.70. The number of aromatic amines is 1. The van der Waals surface area contributed by atoms with Crippen LogP contribution in [0.2, 0.25) is 0 Å². The fourth-order valence-corrected chi connectivity index (χ4v) is 5.76. The van der Waals surface area contributed by atoms with Gasteiger partial charge in [-0.25, -0.2) is 4.79 Å². The SMILES string of the molecule is O=C(O)C1Cc2c([nH]c3ccccc23)C(c2ccc3c(c2)OCO3)N1C(=O)c1cc(-c2cccc(C(F)(F)F)c2)co1. The minimum atomic E-state index is -4.55. The molecule has 0 saturated heterocycles. The Morgan fingerprint density at radius 3 is 2.55 bits per heavy atom. The molecule has 11 heteroatoms. The molecule has 5 aromatic rings. The molecule has 0 aliphatic carbocycles.